The number of benzene rings is 2. The number of para-hydroxylation sites is 1. The highest BCUT2D eigenvalue weighted by atomic mass is 19.1. The number of hydrogen-bond acceptors (Lipinski definition) is 3. The third kappa shape index (κ3) is 2.88. The molecule has 2 N–H and O–H groups in total. The van der Waals surface area contributed by atoms with E-state index in [0.717, 1.165) is 24.2 Å². The summed E-state index contributed by atoms with van der Waals surface area (Å²) in [5.74, 6) is -0.376. The van der Waals surface area contributed by atoms with E-state index in [1.165, 1.54) is 17.7 Å². The number of anilines is 1. The van der Waals surface area contributed by atoms with Crippen LogP contribution < -0.4 is 10.6 Å². The zero-order chi connectivity index (χ0) is 14.8. The first kappa shape index (κ1) is 13.6. The van der Waals surface area contributed by atoms with Crippen molar-refractivity contribution < 1.29 is 4.39 Å². The number of nitrogens with two attached hydrogens (primary N) is 1. The molecule has 0 aliphatic carbocycles. The maximum absolute atomic E-state index is 13.5. The second kappa shape index (κ2) is 5.55. The van der Waals surface area contributed by atoms with Gasteiger partial charge in [-0.3, -0.25) is 0 Å². The van der Waals surface area contributed by atoms with Crippen LogP contribution in [0.2, 0.25) is 0 Å². The van der Waals surface area contributed by atoms with Crippen molar-refractivity contribution in [2.75, 3.05) is 11.4 Å². The van der Waals surface area contributed by atoms with Crippen LogP contribution in [-0.4, -0.2) is 12.6 Å². The number of rotatable bonds is 2. The normalized spacial score (nSPS) is 17.2. The summed E-state index contributed by atoms with van der Waals surface area (Å²) in [4.78, 5) is 2.15. The fourth-order valence-corrected chi connectivity index (χ4v) is 2.90. The van der Waals surface area contributed by atoms with Gasteiger partial charge in [-0.2, -0.15) is 5.26 Å². The zero-order valence-electron chi connectivity index (χ0n) is 11.6. The van der Waals surface area contributed by atoms with Crippen molar-refractivity contribution in [3.05, 3.63) is 65.0 Å². The second-order valence-electron chi connectivity index (χ2n) is 5.43. The van der Waals surface area contributed by atoms with Crippen molar-refractivity contribution >= 4 is 5.69 Å². The fourth-order valence-electron chi connectivity index (χ4n) is 2.90. The highest BCUT2D eigenvalue weighted by Gasteiger charge is 2.21. The predicted octanol–water partition coefficient (Wildman–Crippen LogP) is 2.59. The summed E-state index contributed by atoms with van der Waals surface area (Å²) < 4.78 is 13.5. The maximum atomic E-state index is 13.5. The minimum atomic E-state index is -0.376. The lowest BCUT2D eigenvalue weighted by molar-refractivity contribution is 0.594. The molecule has 2 aromatic carbocycles. The van der Waals surface area contributed by atoms with Crippen LogP contribution in [0.15, 0.2) is 42.5 Å². The number of hydrogen-bond donors (Lipinski definition) is 1. The lowest BCUT2D eigenvalue weighted by atomic mass is 9.98. The van der Waals surface area contributed by atoms with Crippen LogP contribution in [0.3, 0.4) is 0 Å². The largest absolute Gasteiger partial charge is 0.365 e. The standard InChI is InChI=1S/C17H16FN3/c18-15-6-12(9-19)5-13(7-15)10-21-11-16(20)8-14-3-1-2-4-17(14)21/h1-7,16H,8,10-11,20H2. The molecule has 3 nitrogen and oxygen atoms in total. The molecule has 106 valence electrons. The number of fused-ring (bicyclic) bond motifs is 1. The summed E-state index contributed by atoms with van der Waals surface area (Å²) in [5.41, 5.74) is 9.60. The van der Waals surface area contributed by atoms with Gasteiger partial charge in [0.25, 0.3) is 0 Å². The molecule has 3 rings (SSSR count). The third-order valence-corrected chi connectivity index (χ3v) is 3.73. The van der Waals surface area contributed by atoms with Crippen molar-refractivity contribution in [3.8, 4) is 6.07 Å². The fraction of sp³-hybridized carbons (Fsp3) is 0.235. The monoisotopic (exact) mass is 281 g/mol. The number of halogens is 1. The molecular weight excluding hydrogens is 265 g/mol. The van der Waals surface area contributed by atoms with E-state index < -0.39 is 0 Å². The summed E-state index contributed by atoms with van der Waals surface area (Å²) in [5, 5.41) is 8.94. The van der Waals surface area contributed by atoms with Gasteiger partial charge in [0.2, 0.25) is 0 Å². The van der Waals surface area contributed by atoms with Gasteiger partial charge in [0.05, 0.1) is 11.6 Å². The van der Waals surface area contributed by atoms with Gasteiger partial charge in [-0.1, -0.05) is 18.2 Å². The van der Waals surface area contributed by atoms with Crippen LogP contribution in [0.5, 0.6) is 0 Å². The smallest absolute Gasteiger partial charge is 0.124 e. The SMILES string of the molecule is N#Cc1cc(F)cc(CN2CC(N)Cc3ccccc32)c1. The van der Waals surface area contributed by atoms with Crippen LogP contribution in [0, 0.1) is 17.1 Å². The highest BCUT2D eigenvalue weighted by molar-refractivity contribution is 5.56. The molecule has 1 atom stereocenters. The van der Waals surface area contributed by atoms with Gasteiger partial charge >= 0.3 is 0 Å². The van der Waals surface area contributed by atoms with Crippen molar-refractivity contribution in [3.63, 3.8) is 0 Å². The van der Waals surface area contributed by atoms with E-state index in [0.29, 0.717) is 12.1 Å². The highest BCUT2D eigenvalue weighted by Crippen LogP contribution is 2.28. The van der Waals surface area contributed by atoms with Crippen LogP contribution in [-0.2, 0) is 13.0 Å². The quantitative estimate of drug-likeness (QED) is 0.920. The van der Waals surface area contributed by atoms with Gasteiger partial charge in [-0.15, -0.1) is 0 Å². The van der Waals surface area contributed by atoms with E-state index >= 15 is 0 Å². The Hall–Kier alpha value is -2.38. The van der Waals surface area contributed by atoms with Gasteiger partial charge in [0, 0.05) is 24.8 Å². The molecule has 0 saturated carbocycles. The molecule has 1 aliphatic rings. The Morgan fingerprint density at radius 3 is 2.90 bits per heavy atom. The Bertz CT molecular complexity index is 705. The van der Waals surface area contributed by atoms with Gasteiger partial charge in [-0.05, 0) is 41.8 Å². The van der Waals surface area contributed by atoms with Crippen molar-refractivity contribution in [2.24, 2.45) is 5.73 Å². The Morgan fingerprint density at radius 1 is 1.29 bits per heavy atom. The summed E-state index contributed by atoms with van der Waals surface area (Å²) in [6, 6.07) is 14.7. The molecule has 0 fully saturated rings. The molecule has 21 heavy (non-hydrogen) atoms. The summed E-state index contributed by atoms with van der Waals surface area (Å²) in [7, 11) is 0. The lowest BCUT2D eigenvalue weighted by Gasteiger charge is -2.34. The van der Waals surface area contributed by atoms with Crippen LogP contribution in [0.25, 0.3) is 0 Å². The van der Waals surface area contributed by atoms with Gasteiger partial charge < -0.3 is 10.6 Å². The lowest BCUT2D eigenvalue weighted by Crippen LogP contribution is -2.42. The van der Waals surface area contributed by atoms with E-state index in [1.54, 1.807) is 6.07 Å². The molecule has 0 aromatic heterocycles. The molecule has 2 aromatic rings. The Kier molecular flexibility index (Phi) is 3.59. The molecule has 1 heterocycles. The first-order valence-electron chi connectivity index (χ1n) is 6.93. The molecule has 0 saturated heterocycles. The molecule has 1 aliphatic heterocycles. The first-order chi connectivity index (χ1) is 10.2. The minimum Gasteiger partial charge on any atom is -0.365 e. The van der Waals surface area contributed by atoms with Crippen LogP contribution in [0.4, 0.5) is 10.1 Å². The Labute approximate surface area is 123 Å². The molecule has 0 spiro atoms. The van der Waals surface area contributed by atoms with Crippen molar-refractivity contribution in [2.45, 2.75) is 19.0 Å². The Balaban J connectivity index is 1.92. The molecule has 0 radical (unpaired) electrons. The number of nitrogens with zero attached hydrogens (tertiary/aromatic N) is 2. The topological polar surface area (TPSA) is 53.0 Å². The van der Waals surface area contributed by atoms with Crippen molar-refractivity contribution in [1.82, 2.24) is 0 Å². The first-order valence-corrected chi connectivity index (χ1v) is 6.93. The van der Waals surface area contributed by atoms with Crippen molar-refractivity contribution in [1.29, 1.82) is 5.26 Å². The minimum absolute atomic E-state index is 0.0731. The number of nitriles is 1. The molecule has 0 amide bonds. The van der Waals surface area contributed by atoms with Gasteiger partial charge in [0.15, 0.2) is 0 Å². The average Bonchev–Trinajstić information content (AvgIpc) is 2.46. The summed E-state index contributed by atoms with van der Waals surface area (Å²) in [6.45, 7) is 1.28. The van der Waals surface area contributed by atoms with Gasteiger partial charge in [-0.25, -0.2) is 4.39 Å². The molecule has 1 unspecified atom stereocenters. The second-order valence-corrected chi connectivity index (χ2v) is 5.43. The van der Waals surface area contributed by atoms with Gasteiger partial charge in [0.1, 0.15) is 5.82 Å². The predicted molar refractivity (Wildman–Crippen MR) is 80.3 cm³/mol. The van der Waals surface area contributed by atoms with E-state index in [1.807, 2.05) is 18.2 Å². The molecule has 4 heteroatoms. The molecular formula is C17H16FN3. The van der Waals surface area contributed by atoms with Crippen LogP contribution in [0.1, 0.15) is 16.7 Å². The average molecular weight is 281 g/mol. The van der Waals surface area contributed by atoms with Crippen LogP contribution >= 0.6 is 0 Å². The van der Waals surface area contributed by atoms with E-state index in [4.69, 9.17) is 11.0 Å². The zero-order valence-corrected chi connectivity index (χ0v) is 11.6. The molecule has 0 bridgehead atoms. The third-order valence-electron chi connectivity index (χ3n) is 3.73. The maximum Gasteiger partial charge on any atom is 0.124 e. The van der Waals surface area contributed by atoms with E-state index in [9.17, 15) is 4.39 Å². The van der Waals surface area contributed by atoms with E-state index in [2.05, 4.69) is 17.0 Å². The Morgan fingerprint density at radius 2 is 2.10 bits per heavy atom. The summed E-state index contributed by atoms with van der Waals surface area (Å²) >= 11 is 0. The summed E-state index contributed by atoms with van der Waals surface area (Å²) in [6.07, 6.45) is 0.860. The van der Waals surface area contributed by atoms with E-state index in [-0.39, 0.29) is 11.9 Å².